The van der Waals surface area contributed by atoms with Gasteiger partial charge in [-0.05, 0) is 42.5 Å². The van der Waals surface area contributed by atoms with Crippen LogP contribution in [0.5, 0.6) is 5.75 Å². The predicted molar refractivity (Wildman–Crippen MR) is 113 cm³/mol. The van der Waals surface area contributed by atoms with Crippen molar-refractivity contribution in [2.75, 3.05) is 38.2 Å². The molecule has 6 nitrogen and oxygen atoms in total. The van der Waals surface area contributed by atoms with E-state index < -0.39 is 0 Å². The van der Waals surface area contributed by atoms with Crippen LogP contribution in [0.1, 0.15) is 15.9 Å². The molecule has 4 rings (SSSR count). The van der Waals surface area contributed by atoms with Crippen molar-refractivity contribution in [3.05, 3.63) is 64.8 Å². The molecule has 1 saturated heterocycles. The third-order valence-corrected chi connectivity index (χ3v) is 5.38. The Morgan fingerprint density at radius 2 is 1.86 bits per heavy atom. The molecule has 146 valence electrons. The first-order chi connectivity index (χ1) is 14.1. The average Bonchev–Trinajstić information content (AvgIpc) is 2.78. The van der Waals surface area contributed by atoms with E-state index in [1.807, 2.05) is 17.0 Å². The van der Waals surface area contributed by atoms with Crippen molar-refractivity contribution in [1.82, 2.24) is 9.88 Å². The Labute approximate surface area is 173 Å². The fraction of sp³-hybridized carbons (Fsp3) is 0.227. The van der Waals surface area contributed by atoms with Crippen LogP contribution in [0.15, 0.2) is 48.7 Å². The first-order valence-electron chi connectivity index (χ1n) is 9.27. The monoisotopic (exact) mass is 406 g/mol. The third kappa shape index (κ3) is 3.69. The zero-order valence-electron chi connectivity index (χ0n) is 15.9. The zero-order chi connectivity index (χ0) is 20.4. The number of pyridine rings is 1. The second-order valence-electron chi connectivity index (χ2n) is 6.80. The number of hydrogen-bond acceptors (Lipinski definition) is 5. The Morgan fingerprint density at radius 1 is 1.14 bits per heavy atom. The van der Waals surface area contributed by atoms with Gasteiger partial charge in [-0.2, -0.15) is 5.26 Å². The fourth-order valence-electron chi connectivity index (χ4n) is 3.62. The molecule has 0 aliphatic carbocycles. The standard InChI is InChI=1S/C22H19ClN4O2/c1-29-18-5-2-15(3-6-18)22(28)27-10-8-26(9-11-27)21-16(13-24)14-25-20-7-4-17(23)12-19(20)21/h2-7,12,14H,8-11H2,1H3. The van der Waals surface area contributed by atoms with Gasteiger partial charge in [0.2, 0.25) is 0 Å². The van der Waals surface area contributed by atoms with Crippen LogP contribution in [0, 0.1) is 11.3 Å². The van der Waals surface area contributed by atoms with Gasteiger partial charge in [0.05, 0.1) is 23.9 Å². The van der Waals surface area contributed by atoms with Crippen LogP contribution in [0.25, 0.3) is 10.9 Å². The number of rotatable bonds is 3. The van der Waals surface area contributed by atoms with Gasteiger partial charge in [0.25, 0.3) is 5.91 Å². The molecule has 1 aliphatic rings. The Bertz CT molecular complexity index is 1100. The Balaban J connectivity index is 1.56. The lowest BCUT2D eigenvalue weighted by atomic mass is 10.1. The number of aromatic nitrogens is 1. The van der Waals surface area contributed by atoms with Crippen LogP contribution < -0.4 is 9.64 Å². The van der Waals surface area contributed by atoms with E-state index in [4.69, 9.17) is 16.3 Å². The van der Waals surface area contributed by atoms with Crippen molar-refractivity contribution in [3.8, 4) is 11.8 Å². The molecule has 0 N–H and O–H groups in total. The number of ether oxygens (including phenoxy) is 1. The molecule has 0 saturated carbocycles. The predicted octanol–water partition coefficient (Wildman–Crippen LogP) is 3.73. The van der Waals surface area contributed by atoms with Crippen LogP contribution in [0.2, 0.25) is 5.02 Å². The molecular formula is C22H19ClN4O2. The molecule has 1 amide bonds. The van der Waals surface area contributed by atoms with Gasteiger partial charge in [0.15, 0.2) is 0 Å². The highest BCUT2D eigenvalue weighted by Crippen LogP contribution is 2.32. The molecule has 0 bridgehead atoms. The van der Waals surface area contributed by atoms with Crippen LogP contribution in [0.3, 0.4) is 0 Å². The van der Waals surface area contributed by atoms with Gasteiger partial charge in [0.1, 0.15) is 11.8 Å². The third-order valence-electron chi connectivity index (χ3n) is 5.14. The maximum absolute atomic E-state index is 12.8. The number of piperazine rings is 1. The number of fused-ring (bicyclic) bond motifs is 1. The number of nitrogens with zero attached hydrogens (tertiary/aromatic N) is 4. The molecule has 0 radical (unpaired) electrons. The lowest BCUT2D eigenvalue weighted by molar-refractivity contribution is 0.0747. The summed E-state index contributed by atoms with van der Waals surface area (Å²) in [7, 11) is 1.60. The van der Waals surface area contributed by atoms with Gasteiger partial charge in [-0.25, -0.2) is 0 Å². The zero-order valence-corrected chi connectivity index (χ0v) is 16.7. The van der Waals surface area contributed by atoms with Crippen molar-refractivity contribution in [1.29, 1.82) is 5.26 Å². The highest BCUT2D eigenvalue weighted by Gasteiger charge is 2.25. The number of carbonyl (C=O) groups is 1. The van der Waals surface area contributed by atoms with Crippen LogP contribution in [0.4, 0.5) is 5.69 Å². The topological polar surface area (TPSA) is 69.5 Å². The van der Waals surface area contributed by atoms with E-state index in [0.29, 0.717) is 42.3 Å². The van der Waals surface area contributed by atoms with Crippen molar-refractivity contribution in [2.45, 2.75) is 0 Å². The lowest BCUT2D eigenvalue weighted by Gasteiger charge is -2.37. The molecular weight excluding hydrogens is 388 g/mol. The van der Waals surface area contributed by atoms with Gasteiger partial charge in [-0.15, -0.1) is 0 Å². The summed E-state index contributed by atoms with van der Waals surface area (Å²) in [4.78, 5) is 21.1. The number of halogens is 1. The maximum Gasteiger partial charge on any atom is 0.253 e. The number of methoxy groups -OCH3 is 1. The summed E-state index contributed by atoms with van der Waals surface area (Å²) >= 11 is 6.19. The minimum atomic E-state index is -0.00422. The summed E-state index contributed by atoms with van der Waals surface area (Å²) in [6, 6.07) is 14.8. The van der Waals surface area contributed by atoms with Crippen molar-refractivity contribution in [3.63, 3.8) is 0 Å². The number of amides is 1. The number of hydrogen-bond donors (Lipinski definition) is 0. The summed E-state index contributed by atoms with van der Waals surface area (Å²) in [6.45, 7) is 2.39. The number of anilines is 1. The minimum absolute atomic E-state index is 0.00422. The van der Waals surface area contributed by atoms with E-state index in [0.717, 1.165) is 22.3 Å². The quantitative estimate of drug-likeness (QED) is 0.662. The summed E-state index contributed by atoms with van der Waals surface area (Å²) in [6.07, 6.45) is 1.60. The Morgan fingerprint density at radius 3 is 2.52 bits per heavy atom. The second-order valence-corrected chi connectivity index (χ2v) is 7.24. The van der Waals surface area contributed by atoms with Crippen molar-refractivity contribution in [2.24, 2.45) is 0 Å². The van der Waals surface area contributed by atoms with Gasteiger partial charge >= 0.3 is 0 Å². The SMILES string of the molecule is COc1ccc(C(=O)N2CCN(c3c(C#N)cnc4ccc(Cl)cc34)CC2)cc1. The molecule has 7 heteroatoms. The van der Waals surface area contributed by atoms with E-state index >= 15 is 0 Å². The van der Waals surface area contributed by atoms with Crippen molar-refractivity contribution < 1.29 is 9.53 Å². The normalized spacial score (nSPS) is 14.0. The number of benzene rings is 2. The minimum Gasteiger partial charge on any atom is -0.497 e. The first kappa shape index (κ1) is 19.0. The second kappa shape index (κ2) is 7.98. The highest BCUT2D eigenvalue weighted by atomic mass is 35.5. The van der Waals surface area contributed by atoms with E-state index in [2.05, 4.69) is 16.0 Å². The van der Waals surface area contributed by atoms with Gasteiger partial charge in [0, 0.05) is 48.3 Å². The van der Waals surface area contributed by atoms with E-state index in [1.54, 1.807) is 43.6 Å². The molecule has 29 heavy (non-hydrogen) atoms. The van der Waals surface area contributed by atoms with Crippen LogP contribution in [-0.2, 0) is 0 Å². The summed E-state index contributed by atoms with van der Waals surface area (Å²) in [5.41, 5.74) is 2.77. The number of carbonyl (C=O) groups excluding carboxylic acids is 1. The highest BCUT2D eigenvalue weighted by molar-refractivity contribution is 6.31. The molecule has 3 aromatic rings. The lowest BCUT2D eigenvalue weighted by Crippen LogP contribution is -2.49. The molecule has 1 aliphatic heterocycles. The van der Waals surface area contributed by atoms with Gasteiger partial charge < -0.3 is 14.5 Å². The molecule has 1 aromatic heterocycles. The molecule has 0 unspecified atom stereocenters. The molecule has 0 atom stereocenters. The summed E-state index contributed by atoms with van der Waals surface area (Å²) in [5.74, 6) is 0.717. The van der Waals surface area contributed by atoms with E-state index in [-0.39, 0.29) is 5.91 Å². The largest absolute Gasteiger partial charge is 0.497 e. The molecule has 2 aromatic carbocycles. The van der Waals surface area contributed by atoms with Gasteiger partial charge in [-0.3, -0.25) is 9.78 Å². The molecule has 1 fully saturated rings. The van der Waals surface area contributed by atoms with E-state index in [9.17, 15) is 10.1 Å². The van der Waals surface area contributed by atoms with Crippen LogP contribution in [-0.4, -0.2) is 49.1 Å². The van der Waals surface area contributed by atoms with Crippen molar-refractivity contribution >= 4 is 34.1 Å². The fourth-order valence-corrected chi connectivity index (χ4v) is 3.79. The Kier molecular flexibility index (Phi) is 5.24. The summed E-state index contributed by atoms with van der Waals surface area (Å²) in [5, 5.41) is 11.0. The molecule has 0 spiro atoms. The first-order valence-corrected chi connectivity index (χ1v) is 9.65. The maximum atomic E-state index is 12.8. The van der Waals surface area contributed by atoms with Gasteiger partial charge in [-0.1, -0.05) is 11.6 Å². The molecule has 2 heterocycles. The number of nitriles is 1. The average molecular weight is 407 g/mol. The smallest absolute Gasteiger partial charge is 0.253 e. The van der Waals surface area contributed by atoms with Crippen LogP contribution >= 0.6 is 11.6 Å². The summed E-state index contributed by atoms with van der Waals surface area (Å²) < 4.78 is 5.15. The van der Waals surface area contributed by atoms with E-state index in [1.165, 1.54) is 0 Å². The Hall–Kier alpha value is -3.30.